The molecule has 1 heterocycles. The van der Waals surface area contributed by atoms with E-state index in [0.29, 0.717) is 38.3 Å². The number of hydrogen-bond acceptors (Lipinski definition) is 3. The summed E-state index contributed by atoms with van der Waals surface area (Å²) in [7, 11) is 0. The number of halogens is 2. The van der Waals surface area contributed by atoms with E-state index in [2.05, 4.69) is 10.3 Å². The number of fused-ring (bicyclic) bond motifs is 1. The minimum Gasteiger partial charge on any atom is -0.436 e. The highest BCUT2D eigenvalue weighted by Crippen LogP contribution is 2.28. The number of oxazole rings is 1. The maximum Gasteiger partial charge on any atom is 0.257 e. The molecule has 134 valence electrons. The second kappa shape index (κ2) is 7.06. The van der Waals surface area contributed by atoms with E-state index in [9.17, 15) is 4.79 Å². The van der Waals surface area contributed by atoms with Gasteiger partial charge in [-0.2, -0.15) is 0 Å². The van der Waals surface area contributed by atoms with Gasteiger partial charge in [-0.05, 0) is 61.0 Å². The summed E-state index contributed by atoms with van der Waals surface area (Å²) in [6, 6.07) is 17.9. The van der Waals surface area contributed by atoms with Crippen molar-refractivity contribution in [3.63, 3.8) is 0 Å². The van der Waals surface area contributed by atoms with Crippen LogP contribution >= 0.6 is 23.2 Å². The molecule has 0 atom stereocenters. The Morgan fingerprint density at radius 2 is 1.89 bits per heavy atom. The number of rotatable bonds is 3. The summed E-state index contributed by atoms with van der Waals surface area (Å²) in [5.74, 6) is 0.179. The van der Waals surface area contributed by atoms with Gasteiger partial charge in [-0.15, -0.1) is 0 Å². The van der Waals surface area contributed by atoms with Crippen molar-refractivity contribution in [2.24, 2.45) is 0 Å². The van der Waals surface area contributed by atoms with E-state index in [4.69, 9.17) is 27.6 Å². The molecule has 0 aliphatic carbocycles. The zero-order valence-corrected chi connectivity index (χ0v) is 15.8. The highest BCUT2D eigenvalue weighted by Gasteiger charge is 2.13. The number of aryl methyl sites for hydroxylation is 1. The van der Waals surface area contributed by atoms with Crippen LogP contribution in [0.2, 0.25) is 10.0 Å². The minimum atomic E-state index is -0.276. The van der Waals surface area contributed by atoms with Crippen molar-refractivity contribution < 1.29 is 9.21 Å². The molecule has 0 unspecified atom stereocenters. The first-order valence-corrected chi connectivity index (χ1v) is 8.99. The smallest absolute Gasteiger partial charge is 0.257 e. The Morgan fingerprint density at radius 3 is 2.70 bits per heavy atom. The lowest BCUT2D eigenvalue weighted by Crippen LogP contribution is -2.12. The van der Waals surface area contributed by atoms with Gasteiger partial charge < -0.3 is 9.73 Å². The minimum absolute atomic E-state index is 0.276. The number of nitrogens with one attached hydrogen (secondary N) is 1. The molecule has 0 saturated heterocycles. The van der Waals surface area contributed by atoms with E-state index >= 15 is 0 Å². The molecule has 0 radical (unpaired) electrons. The van der Waals surface area contributed by atoms with E-state index in [1.54, 1.807) is 42.5 Å². The molecule has 1 N–H and O–H groups in total. The van der Waals surface area contributed by atoms with E-state index in [1.807, 2.05) is 25.1 Å². The van der Waals surface area contributed by atoms with Crippen molar-refractivity contribution in [1.82, 2.24) is 4.98 Å². The highest BCUT2D eigenvalue weighted by molar-refractivity contribution is 6.34. The van der Waals surface area contributed by atoms with Gasteiger partial charge in [-0.1, -0.05) is 35.3 Å². The van der Waals surface area contributed by atoms with Crippen LogP contribution in [0.4, 0.5) is 5.69 Å². The predicted molar refractivity (Wildman–Crippen MR) is 109 cm³/mol. The Kier molecular flexibility index (Phi) is 4.60. The molecule has 6 heteroatoms. The van der Waals surface area contributed by atoms with Crippen LogP contribution in [0, 0.1) is 6.92 Å². The number of nitrogens with zero attached hydrogens (tertiary/aromatic N) is 1. The van der Waals surface area contributed by atoms with Gasteiger partial charge in [0.1, 0.15) is 5.52 Å². The third-order valence-electron chi connectivity index (χ3n) is 4.09. The first kappa shape index (κ1) is 17.6. The van der Waals surface area contributed by atoms with Gasteiger partial charge in [-0.25, -0.2) is 4.98 Å². The second-order valence-corrected chi connectivity index (χ2v) is 6.99. The van der Waals surface area contributed by atoms with Gasteiger partial charge in [0, 0.05) is 16.3 Å². The number of amides is 1. The topological polar surface area (TPSA) is 55.1 Å². The van der Waals surface area contributed by atoms with E-state index in [0.717, 1.165) is 11.1 Å². The van der Waals surface area contributed by atoms with Gasteiger partial charge in [-0.3, -0.25) is 4.79 Å². The Balaban J connectivity index is 1.62. The van der Waals surface area contributed by atoms with Crippen LogP contribution < -0.4 is 5.32 Å². The van der Waals surface area contributed by atoms with E-state index < -0.39 is 0 Å². The third-order valence-corrected chi connectivity index (χ3v) is 4.63. The average Bonchev–Trinajstić information content (AvgIpc) is 3.05. The highest BCUT2D eigenvalue weighted by atomic mass is 35.5. The number of anilines is 1. The Bertz CT molecular complexity index is 1170. The Morgan fingerprint density at radius 1 is 1.04 bits per heavy atom. The lowest BCUT2D eigenvalue weighted by molar-refractivity contribution is 0.102. The fraction of sp³-hybridized carbons (Fsp3) is 0.0476. The number of carbonyl (C=O) groups excluding carboxylic acids is 1. The van der Waals surface area contributed by atoms with Crippen LogP contribution in [0.1, 0.15) is 15.9 Å². The van der Waals surface area contributed by atoms with Crippen LogP contribution in [0.3, 0.4) is 0 Å². The fourth-order valence-electron chi connectivity index (χ4n) is 2.76. The molecular formula is C21H14Cl2N2O2. The molecule has 1 amide bonds. The summed E-state index contributed by atoms with van der Waals surface area (Å²) in [6.45, 7) is 1.92. The van der Waals surface area contributed by atoms with E-state index in [-0.39, 0.29) is 5.91 Å². The molecule has 3 aromatic carbocycles. The standard InChI is InChI=1S/C21H14Cl2N2O2/c1-12-5-7-16(17(23)9-12)20(26)24-15-4-2-3-13(10-15)21-25-18-11-14(22)6-8-19(18)27-21/h2-11H,1H3,(H,24,26). The zero-order valence-electron chi connectivity index (χ0n) is 14.3. The second-order valence-electron chi connectivity index (χ2n) is 6.15. The van der Waals surface area contributed by atoms with Crippen LogP contribution in [-0.2, 0) is 0 Å². The molecular weight excluding hydrogens is 383 g/mol. The number of benzene rings is 3. The molecule has 4 nitrogen and oxygen atoms in total. The monoisotopic (exact) mass is 396 g/mol. The van der Waals surface area contributed by atoms with Crippen molar-refractivity contribution in [2.75, 3.05) is 5.32 Å². The van der Waals surface area contributed by atoms with Crippen molar-refractivity contribution in [3.8, 4) is 11.5 Å². The predicted octanol–water partition coefficient (Wildman–Crippen LogP) is 6.36. The van der Waals surface area contributed by atoms with Gasteiger partial charge >= 0.3 is 0 Å². The summed E-state index contributed by atoms with van der Waals surface area (Å²) in [5.41, 5.74) is 4.11. The Hall–Kier alpha value is -2.82. The number of hydrogen-bond donors (Lipinski definition) is 1. The van der Waals surface area contributed by atoms with E-state index in [1.165, 1.54) is 0 Å². The first-order valence-electron chi connectivity index (χ1n) is 8.23. The van der Waals surface area contributed by atoms with Crippen LogP contribution in [0.15, 0.2) is 65.1 Å². The first-order chi connectivity index (χ1) is 13.0. The summed E-state index contributed by atoms with van der Waals surface area (Å²) in [6.07, 6.45) is 0. The molecule has 0 spiro atoms. The maximum absolute atomic E-state index is 12.5. The molecule has 1 aromatic heterocycles. The number of aromatic nitrogens is 1. The van der Waals surface area contributed by atoms with Gasteiger partial charge in [0.2, 0.25) is 5.89 Å². The fourth-order valence-corrected chi connectivity index (χ4v) is 3.24. The third kappa shape index (κ3) is 3.68. The van der Waals surface area contributed by atoms with Crippen molar-refractivity contribution in [2.45, 2.75) is 6.92 Å². The summed E-state index contributed by atoms with van der Waals surface area (Å²) < 4.78 is 5.78. The molecule has 0 saturated carbocycles. The molecule has 0 aliphatic rings. The average molecular weight is 397 g/mol. The molecule has 4 rings (SSSR count). The van der Waals surface area contributed by atoms with Gasteiger partial charge in [0.05, 0.1) is 10.6 Å². The molecule has 0 bridgehead atoms. The van der Waals surface area contributed by atoms with Crippen LogP contribution in [0.5, 0.6) is 0 Å². The molecule has 4 aromatic rings. The zero-order chi connectivity index (χ0) is 19.0. The van der Waals surface area contributed by atoms with Crippen LogP contribution in [0.25, 0.3) is 22.6 Å². The van der Waals surface area contributed by atoms with Gasteiger partial charge in [0.25, 0.3) is 5.91 Å². The summed E-state index contributed by atoms with van der Waals surface area (Å²) >= 11 is 12.2. The summed E-state index contributed by atoms with van der Waals surface area (Å²) in [4.78, 5) is 17.0. The molecule has 0 fully saturated rings. The summed E-state index contributed by atoms with van der Waals surface area (Å²) in [5, 5.41) is 3.87. The van der Waals surface area contributed by atoms with Crippen molar-refractivity contribution >= 4 is 45.9 Å². The van der Waals surface area contributed by atoms with Crippen molar-refractivity contribution in [3.05, 3.63) is 81.8 Å². The Labute approximate surface area is 165 Å². The quantitative estimate of drug-likeness (QED) is 0.438. The van der Waals surface area contributed by atoms with Crippen LogP contribution in [-0.4, -0.2) is 10.9 Å². The molecule has 0 aliphatic heterocycles. The largest absolute Gasteiger partial charge is 0.436 e. The maximum atomic E-state index is 12.5. The van der Waals surface area contributed by atoms with Gasteiger partial charge in [0.15, 0.2) is 5.58 Å². The normalized spacial score (nSPS) is 10.9. The number of carbonyl (C=O) groups is 1. The lowest BCUT2D eigenvalue weighted by atomic mass is 10.1. The van der Waals surface area contributed by atoms with Crippen molar-refractivity contribution in [1.29, 1.82) is 0 Å². The molecule has 27 heavy (non-hydrogen) atoms. The lowest BCUT2D eigenvalue weighted by Gasteiger charge is -2.08. The SMILES string of the molecule is Cc1ccc(C(=O)Nc2cccc(-c3nc4cc(Cl)ccc4o3)c2)c(Cl)c1.